The van der Waals surface area contributed by atoms with E-state index in [1.807, 2.05) is 19.1 Å². The number of piperidine rings is 2. The van der Waals surface area contributed by atoms with Gasteiger partial charge < -0.3 is 19.6 Å². The molecular weight excluding hydrogens is 420 g/mol. The minimum atomic E-state index is -0.572. The van der Waals surface area contributed by atoms with Gasteiger partial charge in [-0.25, -0.2) is 9.48 Å². The highest BCUT2D eigenvalue weighted by molar-refractivity contribution is 5.93. The van der Waals surface area contributed by atoms with E-state index in [2.05, 4.69) is 14.9 Å². The number of aryl methyl sites for hydroxylation is 1. The maximum Gasteiger partial charge on any atom is 0.338 e. The summed E-state index contributed by atoms with van der Waals surface area (Å²) in [5, 5.41) is 15.4. The average molecular weight is 453 g/mol. The van der Waals surface area contributed by atoms with Crippen LogP contribution in [0, 0.1) is 12.3 Å². The van der Waals surface area contributed by atoms with Crippen LogP contribution in [0.1, 0.15) is 58.8 Å². The fourth-order valence-corrected chi connectivity index (χ4v) is 5.65. The van der Waals surface area contributed by atoms with Crippen molar-refractivity contribution < 1.29 is 14.6 Å². The van der Waals surface area contributed by atoms with Crippen LogP contribution < -0.4 is 10.5 Å². The number of cyclic esters (lactones) is 1. The SMILES string of the molecule is Cc1c(C(O)CN2CCC3(CC2)CCN(c2ccc(=O)n(C)n2)CC3)ccc2c1COC2=O. The fraction of sp³-hybridized carbons (Fsp3) is 0.560. The van der Waals surface area contributed by atoms with Gasteiger partial charge in [-0.1, -0.05) is 6.07 Å². The van der Waals surface area contributed by atoms with Gasteiger partial charge in [-0.05, 0) is 74.4 Å². The van der Waals surface area contributed by atoms with E-state index in [4.69, 9.17) is 4.74 Å². The van der Waals surface area contributed by atoms with Gasteiger partial charge in [0.1, 0.15) is 12.4 Å². The molecule has 3 aliphatic heterocycles. The van der Waals surface area contributed by atoms with E-state index in [9.17, 15) is 14.7 Å². The summed E-state index contributed by atoms with van der Waals surface area (Å²) in [5.74, 6) is 0.609. The number of esters is 1. The van der Waals surface area contributed by atoms with Crippen molar-refractivity contribution in [3.8, 4) is 0 Å². The Morgan fingerprint density at radius 2 is 1.76 bits per heavy atom. The second-order valence-electron chi connectivity index (χ2n) is 9.84. The Bertz CT molecular complexity index is 1110. The number of anilines is 1. The highest BCUT2D eigenvalue weighted by atomic mass is 16.5. The fourth-order valence-electron chi connectivity index (χ4n) is 5.65. The predicted molar refractivity (Wildman–Crippen MR) is 124 cm³/mol. The molecule has 176 valence electrons. The Kier molecular flexibility index (Phi) is 5.74. The van der Waals surface area contributed by atoms with Crippen molar-refractivity contribution in [1.82, 2.24) is 14.7 Å². The number of aliphatic hydroxyl groups is 1. The van der Waals surface area contributed by atoms with E-state index in [1.165, 1.54) is 4.68 Å². The zero-order valence-electron chi connectivity index (χ0n) is 19.4. The zero-order chi connectivity index (χ0) is 23.2. The van der Waals surface area contributed by atoms with Crippen LogP contribution in [0.3, 0.4) is 0 Å². The van der Waals surface area contributed by atoms with Gasteiger partial charge in [-0.15, -0.1) is 0 Å². The molecule has 0 amide bonds. The van der Waals surface area contributed by atoms with Crippen LogP contribution in [0.5, 0.6) is 0 Å². The summed E-state index contributed by atoms with van der Waals surface area (Å²) in [5.41, 5.74) is 3.68. The van der Waals surface area contributed by atoms with E-state index < -0.39 is 6.10 Å². The monoisotopic (exact) mass is 452 g/mol. The molecule has 1 spiro atoms. The Morgan fingerprint density at radius 1 is 1.06 bits per heavy atom. The van der Waals surface area contributed by atoms with Gasteiger partial charge in [-0.2, -0.15) is 5.10 Å². The van der Waals surface area contributed by atoms with Crippen LogP contribution in [-0.2, 0) is 18.4 Å². The number of ether oxygens (including phenoxy) is 1. The summed E-state index contributed by atoms with van der Waals surface area (Å²) in [6.07, 6.45) is 3.97. The maximum absolute atomic E-state index is 11.8. The number of fused-ring (bicyclic) bond motifs is 1. The Balaban J connectivity index is 1.16. The van der Waals surface area contributed by atoms with Gasteiger partial charge in [-0.3, -0.25) is 4.79 Å². The number of aliphatic hydroxyl groups excluding tert-OH is 1. The van der Waals surface area contributed by atoms with Crippen LogP contribution >= 0.6 is 0 Å². The molecule has 0 radical (unpaired) electrons. The van der Waals surface area contributed by atoms with E-state index in [-0.39, 0.29) is 11.5 Å². The summed E-state index contributed by atoms with van der Waals surface area (Å²) in [7, 11) is 1.69. The molecule has 1 N–H and O–H groups in total. The Labute approximate surface area is 193 Å². The van der Waals surface area contributed by atoms with Crippen LogP contribution in [0.2, 0.25) is 0 Å². The molecule has 1 aromatic carbocycles. The number of likely N-dealkylation sites (tertiary alicyclic amines) is 1. The largest absolute Gasteiger partial charge is 0.457 e. The third-order valence-electron chi connectivity index (χ3n) is 8.01. The van der Waals surface area contributed by atoms with Crippen molar-refractivity contribution in [2.24, 2.45) is 12.5 Å². The molecule has 2 saturated heterocycles. The first kappa shape index (κ1) is 22.1. The number of β-amino-alcohol motifs (C(OH)–C–C–N with tert-alkyl or cyclic N) is 1. The predicted octanol–water partition coefficient (Wildman–Crippen LogP) is 2.18. The van der Waals surface area contributed by atoms with Gasteiger partial charge in [0, 0.05) is 38.3 Å². The summed E-state index contributed by atoms with van der Waals surface area (Å²) in [4.78, 5) is 28.0. The number of carbonyl (C=O) groups excluding carboxylic acids is 1. The first-order valence-corrected chi connectivity index (χ1v) is 11.8. The molecule has 8 heteroatoms. The number of hydrogen-bond acceptors (Lipinski definition) is 7. The van der Waals surface area contributed by atoms with Crippen LogP contribution in [0.15, 0.2) is 29.1 Å². The minimum absolute atomic E-state index is 0.0845. The van der Waals surface area contributed by atoms with Gasteiger partial charge in [0.05, 0.1) is 11.7 Å². The topological polar surface area (TPSA) is 87.9 Å². The lowest BCUT2D eigenvalue weighted by Gasteiger charge is -2.47. The lowest BCUT2D eigenvalue weighted by Crippen LogP contribution is -2.48. The van der Waals surface area contributed by atoms with Crippen molar-refractivity contribution in [3.63, 3.8) is 0 Å². The van der Waals surface area contributed by atoms with Gasteiger partial charge in [0.25, 0.3) is 5.56 Å². The maximum atomic E-state index is 11.8. The lowest BCUT2D eigenvalue weighted by atomic mass is 9.71. The van der Waals surface area contributed by atoms with Crippen molar-refractivity contribution in [2.75, 3.05) is 37.6 Å². The quantitative estimate of drug-likeness (QED) is 0.712. The molecule has 1 aromatic heterocycles. The van der Waals surface area contributed by atoms with E-state index >= 15 is 0 Å². The number of carbonyl (C=O) groups is 1. The summed E-state index contributed by atoms with van der Waals surface area (Å²) < 4.78 is 6.55. The summed E-state index contributed by atoms with van der Waals surface area (Å²) in [6.45, 7) is 6.78. The van der Waals surface area contributed by atoms with Crippen molar-refractivity contribution in [3.05, 3.63) is 56.9 Å². The zero-order valence-corrected chi connectivity index (χ0v) is 19.4. The number of aromatic nitrogens is 2. The average Bonchev–Trinajstić information content (AvgIpc) is 3.20. The molecule has 0 aliphatic carbocycles. The molecule has 8 nitrogen and oxygen atoms in total. The van der Waals surface area contributed by atoms with E-state index in [0.717, 1.165) is 74.4 Å². The Hall–Kier alpha value is -2.71. The molecule has 2 aromatic rings. The molecule has 4 heterocycles. The van der Waals surface area contributed by atoms with Gasteiger partial charge >= 0.3 is 5.97 Å². The molecule has 1 atom stereocenters. The third-order valence-corrected chi connectivity index (χ3v) is 8.01. The molecule has 33 heavy (non-hydrogen) atoms. The molecule has 1 unspecified atom stereocenters. The number of rotatable bonds is 4. The summed E-state index contributed by atoms with van der Waals surface area (Å²) >= 11 is 0. The Morgan fingerprint density at radius 3 is 2.45 bits per heavy atom. The molecule has 3 aliphatic rings. The second-order valence-corrected chi connectivity index (χ2v) is 9.84. The molecule has 5 rings (SSSR count). The van der Waals surface area contributed by atoms with Crippen molar-refractivity contribution in [1.29, 1.82) is 0 Å². The third kappa shape index (κ3) is 4.17. The number of benzene rings is 1. The van der Waals surface area contributed by atoms with Gasteiger partial charge in [0.15, 0.2) is 0 Å². The molecule has 0 bridgehead atoms. The summed E-state index contributed by atoms with van der Waals surface area (Å²) in [6, 6.07) is 7.08. The first-order chi connectivity index (χ1) is 15.8. The normalized spacial score (nSPS) is 21.2. The number of hydrogen-bond donors (Lipinski definition) is 1. The minimum Gasteiger partial charge on any atom is -0.457 e. The lowest BCUT2D eigenvalue weighted by molar-refractivity contribution is 0.0447. The van der Waals surface area contributed by atoms with Crippen molar-refractivity contribution >= 4 is 11.8 Å². The van der Waals surface area contributed by atoms with Crippen LogP contribution in [0.25, 0.3) is 0 Å². The van der Waals surface area contributed by atoms with Gasteiger partial charge in [0.2, 0.25) is 0 Å². The number of nitrogens with zero attached hydrogens (tertiary/aromatic N) is 4. The smallest absolute Gasteiger partial charge is 0.338 e. The van der Waals surface area contributed by atoms with E-state index in [0.29, 0.717) is 24.1 Å². The van der Waals surface area contributed by atoms with Crippen molar-refractivity contribution in [2.45, 2.75) is 45.3 Å². The van der Waals surface area contributed by atoms with Crippen LogP contribution in [0.4, 0.5) is 5.82 Å². The molecule has 2 fully saturated rings. The van der Waals surface area contributed by atoms with Crippen LogP contribution in [-0.4, -0.2) is 58.5 Å². The van der Waals surface area contributed by atoms with E-state index in [1.54, 1.807) is 19.2 Å². The standard InChI is InChI=1S/C25H32N4O4/c1-17-18(3-4-19-20(17)16-33-24(19)32)21(30)15-28-11-7-25(8-12-28)9-13-29(14-10-25)22-5-6-23(31)27(2)26-22/h3-6,21,30H,7-16H2,1-2H3. The highest BCUT2D eigenvalue weighted by Crippen LogP contribution is 2.42. The molecule has 0 saturated carbocycles. The first-order valence-electron chi connectivity index (χ1n) is 11.8. The molecular formula is C25H32N4O4. The highest BCUT2D eigenvalue weighted by Gasteiger charge is 2.38. The second kappa shape index (κ2) is 8.57.